The number of aromatic nitrogens is 1. The zero-order chi connectivity index (χ0) is 17.0. The predicted octanol–water partition coefficient (Wildman–Crippen LogP) is -0.573. The summed E-state index contributed by atoms with van der Waals surface area (Å²) in [5.74, 6) is 0. The Bertz CT molecular complexity index is 745. The van der Waals surface area contributed by atoms with Gasteiger partial charge in [-0.1, -0.05) is 29.8 Å². The van der Waals surface area contributed by atoms with Crippen molar-refractivity contribution in [3.63, 3.8) is 0 Å². The minimum absolute atomic E-state index is 0. The van der Waals surface area contributed by atoms with Crippen molar-refractivity contribution in [2.75, 3.05) is 6.61 Å². The number of aliphatic hydroxyl groups excluding tert-OH is 3. The molecule has 0 spiro atoms. The van der Waals surface area contributed by atoms with Crippen LogP contribution in [-0.2, 0) is 10.3 Å². The normalized spacial score (nSPS) is 39.6. The zero-order valence-corrected chi connectivity index (χ0v) is 14.0. The van der Waals surface area contributed by atoms with Crippen molar-refractivity contribution >= 4 is 68.0 Å². The number of halogens is 2. The van der Waals surface area contributed by atoms with Crippen LogP contribution in [0.5, 0.6) is 0 Å². The molecule has 1 aliphatic heterocycles. The van der Waals surface area contributed by atoms with E-state index >= 15 is 0 Å². The first-order valence-corrected chi connectivity index (χ1v) is 7.90. The molecule has 1 aromatic heterocycles. The first-order chi connectivity index (χ1) is 10.7. The van der Waals surface area contributed by atoms with Gasteiger partial charge in [-0.15, -0.1) is 0 Å². The Labute approximate surface area is 172 Å². The zero-order valence-electron chi connectivity index (χ0n) is 11.6. The number of aromatic amines is 1. The van der Waals surface area contributed by atoms with E-state index < -0.39 is 34.2 Å². The number of alkyl halides is 2. The second-order valence-corrected chi connectivity index (χ2v) is 7.30. The molecular weight excluding hydrogens is 417 g/mol. The molecule has 1 saturated heterocycles. The molecule has 0 saturated carbocycles. The van der Waals surface area contributed by atoms with Crippen LogP contribution >= 0.6 is 27.5 Å². The van der Waals surface area contributed by atoms with E-state index in [4.69, 9.17) is 16.3 Å². The van der Waals surface area contributed by atoms with Crippen LogP contribution in [0.2, 0.25) is 0 Å². The molecule has 10 heteroatoms. The quantitative estimate of drug-likeness (QED) is 0.279. The first kappa shape index (κ1) is 20.6. The van der Waals surface area contributed by atoms with Crippen LogP contribution in [0.25, 0.3) is 10.9 Å². The molecule has 24 heavy (non-hydrogen) atoms. The van der Waals surface area contributed by atoms with E-state index in [-0.39, 0.29) is 35.1 Å². The van der Waals surface area contributed by atoms with Crippen molar-refractivity contribution in [2.45, 2.75) is 27.6 Å². The standard InChI is InChI=1S/C14H15BrClNO6.Na.H/c15-12(6-18)14(16,22)13(21,10(19)11(20)23-12)8-5-17-9-4-2-1-3-7(8)9;;/h1-5,10-11,17-22H,6H2;;/t10-,11+,12+,13+,14+;;/m0../s1. The second-order valence-electron chi connectivity index (χ2n) is 5.48. The van der Waals surface area contributed by atoms with E-state index in [1.807, 2.05) is 0 Å². The van der Waals surface area contributed by atoms with E-state index in [1.54, 1.807) is 24.3 Å². The van der Waals surface area contributed by atoms with E-state index in [2.05, 4.69) is 20.9 Å². The number of aliphatic hydroxyl groups is 5. The fourth-order valence-corrected chi connectivity index (χ4v) is 3.70. The van der Waals surface area contributed by atoms with Gasteiger partial charge < -0.3 is 35.3 Å². The summed E-state index contributed by atoms with van der Waals surface area (Å²) in [7, 11) is 0. The van der Waals surface area contributed by atoms with Gasteiger partial charge in [0.25, 0.3) is 0 Å². The maximum atomic E-state index is 11.1. The van der Waals surface area contributed by atoms with Crippen molar-refractivity contribution in [3.8, 4) is 0 Å². The van der Waals surface area contributed by atoms with Crippen molar-refractivity contribution in [1.29, 1.82) is 0 Å². The van der Waals surface area contributed by atoms with Gasteiger partial charge >= 0.3 is 29.6 Å². The number of benzene rings is 1. The number of hydrogen-bond donors (Lipinski definition) is 6. The molecule has 128 valence electrons. The Balaban J connectivity index is 0.00000208. The van der Waals surface area contributed by atoms with Gasteiger partial charge in [-0.05, 0) is 22.0 Å². The molecule has 1 fully saturated rings. The molecule has 0 unspecified atom stereocenters. The van der Waals surface area contributed by atoms with Crippen LogP contribution in [0, 0.1) is 0 Å². The van der Waals surface area contributed by atoms with Crippen molar-refractivity contribution < 1.29 is 30.3 Å². The molecule has 2 heterocycles. The monoisotopic (exact) mass is 431 g/mol. The van der Waals surface area contributed by atoms with Gasteiger partial charge in [0.2, 0.25) is 5.06 Å². The molecule has 5 atom stereocenters. The Kier molecular flexibility index (Phi) is 5.83. The Morgan fingerprint density at radius 1 is 1.25 bits per heavy atom. The molecular formula is C14H16BrClNNaO6. The van der Waals surface area contributed by atoms with Gasteiger partial charge in [-0.2, -0.15) is 0 Å². The SMILES string of the molecule is OC[C@@]1(Br)O[C@@H](O)[C@H](O)[C@](O)(c2c[nH]c3ccccc23)[C@@]1(O)Cl.[NaH]. The summed E-state index contributed by atoms with van der Waals surface area (Å²) in [6.45, 7) is -0.874. The van der Waals surface area contributed by atoms with Crippen molar-refractivity contribution in [1.82, 2.24) is 4.98 Å². The molecule has 1 aromatic carbocycles. The number of para-hydroxylation sites is 1. The fourth-order valence-electron chi connectivity index (χ4n) is 2.89. The third kappa shape index (κ3) is 2.60. The maximum absolute atomic E-state index is 11.1. The fraction of sp³-hybridized carbons (Fsp3) is 0.429. The van der Waals surface area contributed by atoms with Gasteiger partial charge in [0.1, 0.15) is 6.10 Å². The number of fused-ring (bicyclic) bond motifs is 1. The molecule has 6 N–H and O–H groups in total. The Morgan fingerprint density at radius 3 is 2.50 bits per heavy atom. The summed E-state index contributed by atoms with van der Waals surface area (Å²) in [6, 6.07) is 6.84. The summed E-state index contributed by atoms with van der Waals surface area (Å²) in [5.41, 5.74) is -1.86. The predicted molar refractivity (Wildman–Crippen MR) is 92.0 cm³/mol. The third-order valence-electron chi connectivity index (χ3n) is 4.21. The summed E-state index contributed by atoms with van der Waals surface area (Å²) in [5, 5.41) is 49.4. The van der Waals surface area contributed by atoms with Crippen molar-refractivity contribution in [2.24, 2.45) is 0 Å². The first-order valence-electron chi connectivity index (χ1n) is 6.73. The van der Waals surface area contributed by atoms with E-state index in [0.29, 0.717) is 10.9 Å². The van der Waals surface area contributed by atoms with Crippen LogP contribution in [0.1, 0.15) is 5.56 Å². The number of nitrogens with one attached hydrogen (secondary N) is 1. The second kappa shape index (κ2) is 6.79. The summed E-state index contributed by atoms with van der Waals surface area (Å²) < 4.78 is 2.87. The average molecular weight is 433 g/mol. The van der Waals surface area contributed by atoms with Crippen LogP contribution in [0.3, 0.4) is 0 Å². The molecule has 0 aliphatic carbocycles. The van der Waals surface area contributed by atoms with Gasteiger partial charge in [-0.25, -0.2) is 0 Å². The average Bonchev–Trinajstić information content (AvgIpc) is 2.96. The van der Waals surface area contributed by atoms with Gasteiger partial charge in [0.15, 0.2) is 16.4 Å². The van der Waals surface area contributed by atoms with E-state index in [1.165, 1.54) is 6.20 Å². The molecule has 0 bridgehead atoms. The summed E-state index contributed by atoms with van der Waals surface area (Å²) >= 11 is 9.04. The molecule has 2 aromatic rings. The van der Waals surface area contributed by atoms with Gasteiger partial charge in [-0.3, -0.25) is 0 Å². The number of ether oxygens (including phenoxy) is 1. The van der Waals surface area contributed by atoms with E-state index in [0.717, 1.165) is 0 Å². The van der Waals surface area contributed by atoms with Gasteiger partial charge in [0.05, 0.1) is 6.61 Å². The Morgan fingerprint density at radius 2 is 1.88 bits per heavy atom. The molecule has 0 radical (unpaired) electrons. The molecule has 3 rings (SSSR count). The van der Waals surface area contributed by atoms with Crippen molar-refractivity contribution in [3.05, 3.63) is 36.0 Å². The van der Waals surface area contributed by atoms with Crippen LogP contribution in [0.4, 0.5) is 0 Å². The molecule has 1 aliphatic rings. The summed E-state index contributed by atoms with van der Waals surface area (Å²) in [6.07, 6.45) is -2.51. The number of rotatable bonds is 2. The summed E-state index contributed by atoms with van der Waals surface area (Å²) in [4.78, 5) is 2.89. The Hall–Kier alpha value is 0.290. The topological polar surface area (TPSA) is 126 Å². The molecule has 0 amide bonds. The number of hydrogen-bond acceptors (Lipinski definition) is 6. The molecule has 7 nitrogen and oxygen atoms in total. The van der Waals surface area contributed by atoms with Crippen LogP contribution < -0.4 is 0 Å². The van der Waals surface area contributed by atoms with Crippen LogP contribution in [0.15, 0.2) is 30.5 Å². The van der Waals surface area contributed by atoms with Crippen LogP contribution in [-0.4, -0.2) is 88.6 Å². The van der Waals surface area contributed by atoms with Gasteiger partial charge in [0, 0.05) is 22.7 Å². The third-order valence-corrected chi connectivity index (χ3v) is 6.04. The number of H-pyrrole nitrogens is 1. The van der Waals surface area contributed by atoms with E-state index in [9.17, 15) is 25.5 Å². The minimum atomic E-state index is -2.70.